The number of nitrogens with one attached hydrogen (secondary N) is 1. The highest BCUT2D eigenvalue weighted by Crippen LogP contribution is 2.35. The molecule has 39 heavy (non-hydrogen) atoms. The molecule has 1 aromatic rings. The lowest BCUT2D eigenvalue weighted by molar-refractivity contribution is -0.132. The Morgan fingerprint density at radius 1 is 1.03 bits per heavy atom. The minimum Gasteiger partial charge on any atom is -0.371 e. The standard InChI is InChI=1S/C30H42F3N5O/c1-29(2,3)23-6-8-27(9-7-23)38-18-21-16-36(17-22(21)19-38)12-10-28(39)37-11-4-5-25(20-37)35-26-13-24(14-34-15-26)30(31,32)33/h6-9,13-14,21-22,25-26,35H,4-5,10-12,15-20H2,1-3H3. The molecule has 0 radical (unpaired) electrons. The van der Waals surface area contributed by atoms with Gasteiger partial charge >= 0.3 is 6.18 Å². The number of dihydropyridines is 1. The topological polar surface area (TPSA) is 51.2 Å². The van der Waals surface area contributed by atoms with Gasteiger partial charge in [-0.25, -0.2) is 0 Å². The summed E-state index contributed by atoms with van der Waals surface area (Å²) in [7, 11) is 0. The molecule has 0 aromatic heterocycles. The molecule has 0 saturated carbocycles. The molecule has 9 heteroatoms. The van der Waals surface area contributed by atoms with Gasteiger partial charge in [-0.1, -0.05) is 39.0 Å². The number of rotatable bonds is 6. The van der Waals surface area contributed by atoms with Crippen LogP contribution in [0.15, 0.2) is 40.9 Å². The van der Waals surface area contributed by atoms with Crippen molar-refractivity contribution in [1.29, 1.82) is 0 Å². The molecule has 4 unspecified atom stereocenters. The first-order valence-corrected chi connectivity index (χ1v) is 14.4. The van der Waals surface area contributed by atoms with Gasteiger partial charge in [-0.2, -0.15) is 13.2 Å². The minimum atomic E-state index is -4.39. The number of hydrogen-bond donors (Lipinski definition) is 1. The maximum absolute atomic E-state index is 13.0. The van der Waals surface area contributed by atoms with Crippen molar-refractivity contribution in [3.8, 4) is 0 Å². The lowest BCUT2D eigenvalue weighted by Crippen LogP contribution is -2.51. The lowest BCUT2D eigenvalue weighted by atomic mass is 9.87. The number of amides is 1. The van der Waals surface area contributed by atoms with Crippen LogP contribution in [0.5, 0.6) is 0 Å². The molecular formula is C30H42F3N5O. The lowest BCUT2D eigenvalue weighted by Gasteiger charge is -2.35. The third kappa shape index (κ3) is 6.85. The predicted octanol–water partition coefficient (Wildman–Crippen LogP) is 4.26. The van der Waals surface area contributed by atoms with E-state index in [1.54, 1.807) is 0 Å². The number of allylic oxidation sites excluding steroid dienone is 1. The van der Waals surface area contributed by atoms with Crippen molar-refractivity contribution >= 4 is 17.8 Å². The van der Waals surface area contributed by atoms with Gasteiger partial charge in [0, 0.05) is 76.2 Å². The summed E-state index contributed by atoms with van der Waals surface area (Å²) in [6.45, 7) is 13.3. The van der Waals surface area contributed by atoms with E-state index >= 15 is 0 Å². The summed E-state index contributed by atoms with van der Waals surface area (Å²) < 4.78 is 39.1. The van der Waals surface area contributed by atoms with E-state index in [0.29, 0.717) is 31.3 Å². The van der Waals surface area contributed by atoms with Crippen molar-refractivity contribution in [2.24, 2.45) is 16.8 Å². The first-order valence-electron chi connectivity index (χ1n) is 14.4. The Morgan fingerprint density at radius 2 is 1.72 bits per heavy atom. The molecule has 214 valence electrons. The highest BCUT2D eigenvalue weighted by atomic mass is 19.4. The average molecular weight is 546 g/mol. The first-order chi connectivity index (χ1) is 18.5. The van der Waals surface area contributed by atoms with Crippen LogP contribution in [0.25, 0.3) is 0 Å². The number of carbonyl (C=O) groups excluding carboxylic acids is 1. The van der Waals surface area contributed by atoms with Gasteiger partial charge < -0.3 is 20.0 Å². The number of nitrogens with zero attached hydrogens (tertiary/aromatic N) is 4. The molecule has 4 atom stereocenters. The average Bonchev–Trinajstić information content (AvgIpc) is 3.46. The number of alkyl halides is 3. The summed E-state index contributed by atoms with van der Waals surface area (Å²) >= 11 is 0. The highest BCUT2D eigenvalue weighted by Gasteiger charge is 2.40. The fourth-order valence-electron chi connectivity index (χ4n) is 6.56. The van der Waals surface area contributed by atoms with E-state index < -0.39 is 17.8 Å². The van der Waals surface area contributed by atoms with E-state index in [1.165, 1.54) is 17.3 Å². The highest BCUT2D eigenvalue weighted by molar-refractivity contribution is 5.81. The van der Waals surface area contributed by atoms with Gasteiger partial charge in [0.25, 0.3) is 0 Å². The van der Waals surface area contributed by atoms with Crippen LogP contribution >= 0.6 is 0 Å². The molecule has 0 bridgehead atoms. The van der Waals surface area contributed by atoms with Crippen molar-refractivity contribution in [2.75, 3.05) is 57.3 Å². The maximum atomic E-state index is 13.0. The van der Waals surface area contributed by atoms with Crippen molar-refractivity contribution in [1.82, 2.24) is 15.1 Å². The number of aliphatic imine (C=N–C) groups is 1. The second-order valence-corrected chi connectivity index (χ2v) is 12.8. The van der Waals surface area contributed by atoms with E-state index in [1.807, 2.05) is 4.90 Å². The van der Waals surface area contributed by atoms with Crippen molar-refractivity contribution in [3.05, 3.63) is 41.5 Å². The molecule has 3 fully saturated rings. The number of fused-ring (bicyclic) bond motifs is 1. The number of halogens is 3. The molecule has 4 aliphatic rings. The monoisotopic (exact) mass is 545 g/mol. The fraction of sp³-hybridized carbons (Fsp3) is 0.667. The molecule has 1 aromatic carbocycles. The summed E-state index contributed by atoms with van der Waals surface area (Å²) in [5, 5.41) is 3.30. The zero-order chi connectivity index (χ0) is 27.8. The van der Waals surface area contributed by atoms with E-state index in [0.717, 1.165) is 58.3 Å². The van der Waals surface area contributed by atoms with E-state index in [2.05, 4.69) is 65.1 Å². The zero-order valence-electron chi connectivity index (χ0n) is 23.4. The smallest absolute Gasteiger partial charge is 0.371 e. The number of anilines is 1. The van der Waals surface area contributed by atoms with Crippen molar-refractivity contribution < 1.29 is 18.0 Å². The summed E-state index contributed by atoms with van der Waals surface area (Å²) in [5.41, 5.74) is 2.11. The Kier molecular flexibility index (Phi) is 8.11. The van der Waals surface area contributed by atoms with Crippen LogP contribution in [0.3, 0.4) is 0 Å². The van der Waals surface area contributed by atoms with Crippen LogP contribution in [0.2, 0.25) is 0 Å². The van der Waals surface area contributed by atoms with Gasteiger partial charge in [-0.05, 0) is 47.8 Å². The predicted molar refractivity (Wildman–Crippen MR) is 149 cm³/mol. The normalized spacial score (nSPS) is 28.1. The van der Waals surface area contributed by atoms with Gasteiger partial charge in [-0.15, -0.1) is 0 Å². The van der Waals surface area contributed by atoms with Crippen LogP contribution in [-0.2, 0) is 10.2 Å². The van der Waals surface area contributed by atoms with Crippen LogP contribution in [0.4, 0.5) is 18.9 Å². The van der Waals surface area contributed by atoms with E-state index in [9.17, 15) is 18.0 Å². The van der Waals surface area contributed by atoms with Gasteiger partial charge in [0.05, 0.1) is 12.1 Å². The Labute approximate surface area is 230 Å². The summed E-state index contributed by atoms with van der Waals surface area (Å²) in [6.07, 6.45) is -0.0541. The first kappa shape index (κ1) is 28.1. The quantitative estimate of drug-likeness (QED) is 0.581. The molecule has 1 amide bonds. The SMILES string of the molecule is CC(C)(C)c1ccc(N2CC3CN(CCC(=O)N4CCCC(NC5C=C(C(F)(F)F)C=NC5)C4)CC3C2)cc1. The maximum Gasteiger partial charge on any atom is 0.417 e. The van der Waals surface area contributed by atoms with Crippen molar-refractivity contribution in [3.63, 3.8) is 0 Å². The molecular weight excluding hydrogens is 503 g/mol. The molecule has 4 aliphatic heterocycles. The minimum absolute atomic E-state index is 0.0127. The largest absolute Gasteiger partial charge is 0.417 e. The molecule has 5 rings (SSSR count). The Balaban J connectivity index is 1.05. The fourth-order valence-corrected chi connectivity index (χ4v) is 6.56. The van der Waals surface area contributed by atoms with Gasteiger partial charge in [0.15, 0.2) is 0 Å². The van der Waals surface area contributed by atoms with Crippen LogP contribution in [0.1, 0.15) is 45.6 Å². The molecule has 0 spiro atoms. The molecule has 6 nitrogen and oxygen atoms in total. The molecule has 3 saturated heterocycles. The second kappa shape index (κ2) is 11.2. The van der Waals surface area contributed by atoms with Crippen LogP contribution in [-0.4, -0.2) is 92.5 Å². The van der Waals surface area contributed by atoms with Gasteiger partial charge in [0.1, 0.15) is 0 Å². The second-order valence-electron chi connectivity index (χ2n) is 12.8. The Hall–Kier alpha value is -2.39. The number of likely N-dealkylation sites (tertiary alicyclic amines) is 2. The van der Waals surface area contributed by atoms with Crippen LogP contribution in [0, 0.1) is 11.8 Å². The number of benzene rings is 1. The Morgan fingerprint density at radius 3 is 2.36 bits per heavy atom. The van der Waals surface area contributed by atoms with Gasteiger partial charge in [-0.3, -0.25) is 9.79 Å². The molecule has 1 N–H and O–H groups in total. The molecule has 4 heterocycles. The van der Waals surface area contributed by atoms with E-state index in [-0.39, 0.29) is 17.4 Å². The van der Waals surface area contributed by atoms with E-state index in [4.69, 9.17) is 0 Å². The number of piperidine rings is 1. The summed E-state index contributed by atoms with van der Waals surface area (Å²) in [4.78, 5) is 23.8. The zero-order valence-corrected chi connectivity index (χ0v) is 23.4. The summed E-state index contributed by atoms with van der Waals surface area (Å²) in [6, 6.07) is 8.55. The van der Waals surface area contributed by atoms with Crippen LogP contribution < -0.4 is 10.2 Å². The number of hydrogen-bond acceptors (Lipinski definition) is 5. The third-order valence-electron chi connectivity index (χ3n) is 8.77. The number of carbonyl (C=O) groups is 1. The van der Waals surface area contributed by atoms with Crippen molar-refractivity contribution in [2.45, 2.75) is 63.7 Å². The molecule has 0 aliphatic carbocycles. The van der Waals surface area contributed by atoms with Gasteiger partial charge in [0.2, 0.25) is 5.91 Å². The Bertz CT molecular complexity index is 1060. The summed E-state index contributed by atoms with van der Waals surface area (Å²) in [5.74, 6) is 1.42. The third-order valence-corrected chi connectivity index (χ3v) is 8.77.